The first-order chi connectivity index (χ1) is 12.5. The molecule has 0 radical (unpaired) electrons. The molecule has 7 nitrogen and oxygen atoms in total. The Hall–Kier alpha value is -2.61. The predicted molar refractivity (Wildman–Crippen MR) is 97.9 cm³/mol. The molecular formula is C18H24FN5O2. The molecule has 2 unspecified atom stereocenters. The number of amides is 2. The van der Waals surface area contributed by atoms with Crippen molar-refractivity contribution in [2.24, 2.45) is 0 Å². The number of benzene rings is 1. The molecule has 140 valence electrons. The molecule has 2 N–H and O–H groups in total. The monoisotopic (exact) mass is 361 g/mol. The Morgan fingerprint density at radius 2 is 2.12 bits per heavy atom. The van der Waals surface area contributed by atoms with Crippen LogP contribution in [0.25, 0.3) is 0 Å². The Morgan fingerprint density at radius 3 is 2.77 bits per heavy atom. The number of hydrogen-bond acceptors (Lipinski definition) is 4. The highest BCUT2D eigenvalue weighted by Crippen LogP contribution is 2.26. The van der Waals surface area contributed by atoms with Crippen molar-refractivity contribution in [2.45, 2.75) is 32.6 Å². The van der Waals surface area contributed by atoms with Gasteiger partial charge in [0, 0.05) is 44.3 Å². The van der Waals surface area contributed by atoms with E-state index in [1.807, 2.05) is 29.5 Å². The Morgan fingerprint density at radius 1 is 1.35 bits per heavy atom. The molecule has 2 amide bonds. The minimum atomic E-state index is -0.370. The zero-order valence-electron chi connectivity index (χ0n) is 15.0. The SMILES string of the molecule is CC1CN(c2ccc(NC(=O)NCCn3ccnc3)cc2F)CC(C)O1. The third-order valence-electron chi connectivity index (χ3n) is 4.18. The van der Waals surface area contributed by atoms with E-state index < -0.39 is 0 Å². The second-order valence-corrected chi connectivity index (χ2v) is 6.51. The summed E-state index contributed by atoms with van der Waals surface area (Å²) in [4.78, 5) is 17.8. The van der Waals surface area contributed by atoms with Gasteiger partial charge in [-0.05, 0) is 32.0 Å². The Balaban J connectivity index is 1.54. The van der Waals surface area contributed by atoms with Gasteiger partial charge in [-0.3, -0.25) is 0 Å². The van der Waals surface area contributed by atoms with Crippen LogP contribution >= 0.6 is 0 Å². The molecule has 1 aromatic heterocycles. The fourth-order valence-corrected chi connectivity index (χ4v) is 3.11. The fraction of sp³-hybridized carbons (Fsp3) is 0.444. The van der Waals surface area contributed by atoms with Crippen molar-refractivity contribution in [1.82, 2.24) is 14.9 Å². The molecule has 0 spiro atoms. The number of ether oxygens (including phenoxy) is 1. The highest BCUT2D eigenvalue weighted by molar-refractivity contribution is 5.89. The van der Waals surface area contributed by atoms with Crippen LogP contribution in [0.15, 0.2) is 36.9 Å². The normalized spacial score (nSPS) is 20.0. The predicted octanol–water partition coefficient (Wildman–Crippen LogP) is 2.46. The molecule has 1 aliphatic rings. The lowest BCUT2D eigenvalue weighted by Crippen LogP contribution is -2.45. The van der Waals surface area contributed by atoms with E-state index >= 15 is 0 Å². The molecule has 1 aliphatic heterocycles. The number of hydrogen-bond donors (Lipinski definition) is 2. The summed E-state index contributed by atoms with van der Waals surface area (Å²) in [6.07, 6.45) is 5.29. The van der Waals surface area contributed by atoms with Gasteiger partial charge in [0.2, 0.25) is 0 Å². The van der Waals surface area contributed by atoms with E-state index in [2.05, 4.69) is 15.6 Å². The minimum absolute atomic E-state index is 0.0530. The van der Waals surface area contributed by atoms with E-state index in [1.54, 1.807) is 24.7 Å². The van der Waals surface area contributed by atoms with Crippen LogP contribution in [-0.4, -0.2) is 47.4 Å². The van der Waals surface area contributed by atoms with Gasteiger partial charge in [-0.15, -0.1) is 0 Å². The maximum Gasteiger partial charge on any atom is 0.319 e. The van der Waals surface area contributed by atoms with Crippen LogP contribution in [0.2, 0.25) is 0 Å². The van der Waals surface area contributed by atoms with Crippen LogP contribution in [0.4, 0.5) is 20.6 Å². The second-order valence-electron chi connectivity index (χ2n) is 6.51. The van der Waals surface area contributed by atoms with Crippen molar-refractivity contribution in [3.63, 3.8) is 0 Å². The van der Waals surface area contributed by atoms with E-state index in [-0.39, 0.29) is 24.1 Å². The summed E-state index contributed by atoms with van der Waals surface area (Å²) in [5.74, 6) is -0.359. The molecular weight excluding hydrogens is 337 g/mol. The molecule has 1 fully saturated rings. The van der Waals surface area contributed by atoms with Crippen LogP contribution in [0.5, 0.6) is 0 Å². The largest absolute Gasteiger partial charge is 0.372 e. The molecule has 3 rings (SSSR count). The number of imidazole rings is 1. The number of aromatic nitrogens is 2. The van der Waals surface area contributed by atoms with Crippen molar-refractivity contribution in [1.29, 1.82) is 0 Å². The Bertz CT molecular complexity index is 727. The summed E-state index contributed by atoms with van der Waals surface area (Å²) in [5, 5.41) is 5.38. The van der Waals surface area contributed by atoms with Gasteiger partial charge in [0.05, 0.1) is 24.2 Å². The molecule has 8 heteroatoms. The van der Waals surface area contributed by atoms with Crippen molar-refractivity contribution in [3.8, 4) is 0 Å². The van der Waals surface area contributed by atoms with Gasteiger partial charge in [-0.2, -0.15) is 0 Å². The standard InChI is InChI=1S/C18H24FN5O2/c1-13-10-24(11-14(2)26-13)17-4-3-15(9-16(17)19)22-18(25)21-6-8-23-7-5-20-12-23/h3-5,7,9,12-14H,6,8,10-11H2,1-2H3,(H2,21,22,25). The third kappa shape index (κ3) is 4.72. The van der Waals surface area contributed by atoms with E-state index in [1.165, 1.54) is 6.07 Å². The molecule has 26 heavy (non-hydrogen) atoms. The molecule has 0 aliphatic carbocycles. The zero-order valence-corrected chi connectivity index (χ0v) is 15.0. The maximum atomic E-state index is 14.5. The first-order valence-corrected chi connectivity index (χ1v) is 8.72. The van der Waals surface area contributed by atoms with E-state index in [9.17, 15) is 9.18 Å². The van der Waals surface area contributed by atoms with Crippen LogP contribution in [0, 0.1) is 5.82 Å². The summed E-state index contributed by atoms with van der Waals surface area (Å²) in [7, 11) is 0. The van der Waals surface area contributed by atoms with Crippen LogP contribution < -0.4 is 15.5 Å². The van der Waals surface area contributed by atoms with Gasteiger partial charge >= 0.3 is 6.03 Å². The molecule has 1 aromatic carbocycles. The smallest absolute Gasteiger partial charge is 0.319 e. The van der Waals surface area contributed by atoms with Gasteiger partial charge in [0.25, 0.3) is 0 Å². The van der Waals surface area contributed by atoms with Gasteiger partial charge < -0.3 is 24.8 Å². The maximum absolute atomic E-state index is 14.5. The number of carbonyl (C=O) groups excluding carboxylic acids is 1. The Labute approximate surface area is 152 Å². The number of nitrogens with one attached hydrogen (secondary N) is 2. The highest BCUT2D eigenvalue weighted by Gasteiger charge is 2.24. The summed E-state index contributed by atoms with van der Waals surface area (Å²) < 4.78 is 22.1. The van der Waals surface area contributed by atoms with Gasteiger partial charge in [-0.25, -0.2) is 14.2 Å². The van der Waals surface area contributed by atoms with Crippen LogP contribution in [-0.2, 0) is 11.3 Å². The van der Waals surface area contributed by atoms with Crippen molar-refractivity contribution in [2.75, 3.05) is 29.9 Å². The third-order valence-corrected chi connectivity index (χ3v) is 4.18. The molecule has 0 saturated carbocycles. The zero-order chi connectivity index (χ0) is 18.5. The first kappa shape index (κ1) is 18.2. The number of carbonyl (C=O) groups is 1. The van der Waals surface area contributed by atoms with E-state index in [4.69, 9.17) is 4.74 Å². The average molecular weight is 361 g/mol. The summed E-state index contributed by atoms with van der Waals surface area (Å²) in [6.45, 7) is 6.31. The van der Waals surface area contributed by atoms with E-state index in [0.717, 1.165) is 0 Å². The number of rotatable bonds is 5. The van der Waals surface area contributed by atoms with Crippen LogP contribution in [0.3, 0.4) is 0 Å². The summed E-state index contributed by atoms with van der Waals surface area (Å²) in [5.41, 5.74) is 0.943. The summed E-state index contributed by atoms with van der Waals surface area (Å²) in [6, 6.07) is 4.38. The number of anilines is 2. The van der Waals surface area contributed by atoms with Crippen LogP contribution in [0.1, 0.15) is 13.8 Å². The lowest BCUT2D eigenvalue weighted by Gasteiger charge is -2.37. The Kier molecular flexibility index (Phi) is 5.72. The number of urea groups is 1. The average Bonchev–Trinajstić information content (AvgIpc) is 3.07. The highest BCUT2D eigenvalue weighted by atomic mass is 19.1. The van der Waals surface area contributed by atoms with E-state index in [0.29, 0.717) is 37.6 Å². The lowest BCUT2D eigenvalue weighted by molar-refractivity contribution is -0.00539. The summed E-state index contributed by atoms with van der Waals surface area (Å²) >= 11 is 0. The number of morpholine rings is 1. The first-order valence-electron chi connectivity index (χ1n) is 8.72. The van der Waals surface area contributed by atoms with Crippen molar-refractivity contribution >= 4 is 17.4 Å². The molecule has 2 atom stereocenters. The lowest BCUT2D eigenvalue weighted by atomic mass is 10.2. The second kappa shape index (κ2) is 8.18. The van der Waals surface area contributed by atoms with Crippen molar-refractivity contribution < 1.29 is 13.9 Å². The minimum Gasteiger partial charge on any atom is -0.372 e. The molecule has 2 heterocycles. The van der Waals surface area contributed by atoms with Crippen molar-refractivity contribution in [3.05, 3.63) is 42.7 Å². The number of nitrogens with zero attached hydrogens (tertiary/aromatic N) is 3. The van der Waals surface area contributed by atoms with Gasteiger partial charge in [0.15, 0.2) is 0 Å². The fourth-order valence-electron chi connectivity index (χ4n) is 3.11. The quantitative estimate of drug-likeness (QED) is 0.858. The molecule has 2 aromatic rings. The topological polar surface area (TPSA) is 71.4 Å². The number of halogens is 1. The van der Waals surface area contributed by atoms with Gasteiger partial charge in [-0.1, -0.05) is 0 Å². The molecule has 0 bridgehead atoms. The molecule has 1 saturated heterocycles. The van der Waals surface area contributed by atoms with Gasteiger partial charge in [0.1, 0.15) is 5.82 Å².